The molecular weight excluding hydrogens is 268 g/mol. The summed E-state index contributed by atoms with van der Waals surface area (Å²) in [6.07, 6.45) is 1.57. The SMILES string of the molecule is C=Cc1ccc(C(F)=C(F)c2ccc(F)c(F)c2)cc1. The van der Waals surface area contributed by atoms with Crippen molar-refractivity contribution in [2.45, 2.75) is 0 Å². The van der Waals surface area contributed by atoms with Crippen molar-refractivity contribution in [3.63, 3.8) is 0 Å². The summed E-state index contributed by atoms with van der Waals surface area (Å²) in [4.78, 5) is 0. The standard InChI is InChI=1S/C16H10F4/c1-2-10-3-5-11(6-4-10)15(19)16(20)12-7-8-13(17)14(18)9-12/h2-9H,1H2. The van der Waals surface area contributed by atoms with Gasteiger partial charge in [-0.15, -0.1) is 0 Å². The lowest BCUT2D eigenvalue weighted by molar-refractivity contribution is 0.507. The van der Waals surface area contributed by atoms with Crippen LogP contribution in [0.25, 0.3) is 17.7 Å². The van der Waals surface area contributed by atoms with Gasteiger partial charge in [0.1, 0.15) is 0 Å². The molecule has 0 aliphatic heterocycles. The maximum absolute atomic E-state index is 13.9. The molecule has 102 valence electrons. The van der Waals surface area contributed by atoms with Crippen LogP contribution in [0.3, 0.4) is 0 Å². The highest BCUT2D eigenvalue weighted by atomic mass is 19.2. The molecule has 0 unspecified atom stereocenters. The molecule has 0 aliphatic carbocycles. The summed E-state index contributed by atoms with van der Waals surface area (Å²) in [6.45, 7) is 3.55. The topological polar surface area (TPSA) is 0 Å². The van der Waals surface area contributed by atoms with Gasteiger partial charge in [-0.3, -0.25) is 0 Å². The fourth-order valence-electron chi connectivity index (χ4n) is 1.65. The van der Waals surface area contributed by atoms with E-state index in [0.717, 1.165) is 17.7 Å². The maximum Gasteiger partial charge on any atom is 0.166 e. The Bertz CT molecular complexity index is 669. The lowest BCUT2D eigenvalue weighted by Crippen LogP contribution is -1.89. The van der Waals surface area contributed by atoms with Crippen LogP contribution in [0.15, 0.2) is 49.0 Å². The molecule has 2 aromatic carbocycles. The van der Waals surface area contributed by atoms with E-state index in [9.17, 15) is 17.6 Å². The molecule has 2 rings (SSSR count). The molecule has 0 heterocycles. The van der Waals surface area contributed by atoms with E-state index in [1.165, 1.54) is 12.1 Å². The number of hydrogen-bond acceptors (Lipinski definition) is 0. The quantitative estimate of drug-likeness (QED) is 0.523. The number of halogens is 4. The normalized spacial score (nSPS) is 12.0. The van der Waals surface area contributed by atoms with Crippen LogP contribution < -0.4 is 0 Å². The average Bonchev–Trinajstić information content (AvgIpc) is 2.48. The predicted molar refractivity (Wildman–Crippen MR) is 71.9 cm³/mol. The van der Waals surface area contributed by atoms with E-state index in [1.54, 1.807) is 18.2 Å². The van der Waals surface area contributed by atoms with Gasteiger partial charge in [-0.2, -0.15) is 0 Å². The summed E-state index contributed by atoms with van der Waals surface area (Å²) in [6, 6.07) is 8.24. The third-order valence-corrected chi connectivity index (χ3v) is 2.77. The Morgan fingerprint density at radius 3 is 1.90 bits per heavy atom. The van der Waals surface area contributed by atoms with Crippen molar-refractivity contribution in [1.29, 1.82) is 0 Å². The molecule has 0 saturated carbocycles. The van der Waals surface area contributed by atoms with Gasteiger partial charge in [0, 0.05) is 11.1 Å². The Labute approximate surface area is 113 Å². The molecule has 0 atom stereocenters. The number of benzene rings is 2. The van der Waals surface area contributed by atoms with Gasteiger partial charge >= 0.3 is 0 Å². The van der Waals surface area contributed by atoms with E-state index in [0.29, 0.717) is 6.07 Å². The molecular formula is C16H10F4. The molecule has 0 radical (unpaired) electrons. The highest BCUT2D eigenvalue weighted by molar-refractivity contribution is 5.83. The minimum absolute atomic E-state index is 0.0119. The first kappa shape index (κ1) is 14.1. The molecule has 2 aromatic rings. The smallest absolute Gasteiger partial charge is 0.166 e. The fourth-order valence-corrected chi connectivity index (χ4v) is 1.65. The molecule has 0 spiro atoms. The van der Waals surface area contributed by atoms with E-state index in [1.807, 2.05) is 0 Å². The third kappa shape index (κ3) is 2.79. The molecule has 0 N–H and O–H groups in total. The predicted octanol–water partition coefficient (Wildman–Crippen LogP) is 5.37. The van der Waals surface area contributed by atoms with Gasteiger partial charge in [0.15, 0.2) is 23.3 Å². The summed E-state index contributed by atoms with van der Waals surface area (Å²) in [7, 11) is 0. The van der Waals surface area contributed by atoms with Gasteiger partial charge in [0.2, 0.25) is 0 Å². The molecule has 4 heteroatoms. The molecule has 0 nitrogen and oxygen atoms in total. The fraction of sp³-hybridized carbons (Fsp3) is 0. The lowest BCUT2D eigenvalue weighted by Gasteiger charge is -2.03. The van der Waals surface area contributed by atoms with Gasteiger partial charge in [-0.05, 0) is 23.8 Å². The van der Waals surface area contributed by atoms with Gasteiger partial charge < -0.3 is 0 Å². The first-order chi connectivity index (χ1) is 9.52. The summed E-state index contributed by atoms with van der Waals surface area (Å²) in [5.41, 5.74) is 0.418. The molecule has 0 aromatic heterocycles. The Balaban J connectivity index is 2.43. The van der Waals surface area contributed by atoms with Crippen molar-refractivity contribution in [1.82, 2.24) is 0 Å². The first-order valence-corrected chi connectivity index (χ1v) is 5.76. The van der Waals surface area contributed by atoms with Gasteiger partial charge in [0.05, 0.1) is 0 Å². The van der Waals surface area contributed by atoms with Crippen molar-refractivity contribution < 1.29 is 17.6 Å². The Morgan fingerprint density at radius 2 is 1.35 bits per heavy atom. The van der Waals surface area contributed by atoms with Crippen LogP contribution in [0.2, 0.25) is 0 Å². The average molecular weight is 278 g/mol. The number of rotatable bonds is 3. The summed E-state index contributed by atoms with van der Waals surface area (Å²) >= 11 is 0. The summed E-state index contributed by atoms with van der Waals surface area (Å²) in [5, 5.41) is 0. The van der Waals surface area contributed by atoms with Gasteiger partial charge in [0.25, 0.3) is 0 Å². The highest BCUT2D eigenvalue weighted by Gasteiger charge is 2.13. The van der Waals surface area contributed by atoms with Crippen molar-refractivity contribution in [2.24, 2.45) is 0 Å². The lowest BCUT2D eigenvalue weighted by atomic mass is 10.1. The minimum Gasteiger partial charge on any atom is -0.204 e. The van der Waals surface area contributed by atoms with E-state index in [-0.39, 0.29) is 11.1 Å². The van der Waals surface area contributed by atoms with Crippen molar-refractivity contribution in [2.75, 3.05) is 0 Å². The highest BCUT2D eigenvalue weighted by Crippen LogP contribution is 2.29. The van der Waals surface area contributed by atoms with Crippen LogP contribution in [0, 0.1) is 11.6 Å². The van der Waals surface area contributed by atoms with E-state index < -0.39 is 23.3 Å². The second-order valence-electron chi connectivity index (χ2n) is 4.08. The van der Waals surface area contributed by atoms with E-state index in [2.05, 4.69) is 6.58 Å². The molecule has 0 amide bonds. The Morgan fingerprint density at radius 1 is 0.800 bits per heavy atom. The minimum atomic E-state index is -1.24. The number of hydrogen-bond donors (Lipinski definition) is 0. The largest absolute Gasteiger partial charge is 0.204 e. The molecule has 0 aliphatic rings. The van der Waals surface area contributed by atoms with Crippen LogP contribution in [-0.4, -0.2) is 0 Å². The van der Waals surface area contributed by atoms with E-state index >= 15 is 0 Å². The summed E-state index contributed by atoms with van der Waals surface area (Å²) < 4.78 is 53.6. The first-order valence-electron chi connectivity index (χ1n) is 5.76. The zero-order chi connectivity index (χ0) is 14.7. The van der Waals surface area contributed by atoms with Crippen LogP contribution in [0.5, 0.6) is 0 Å². The zero-order valence-corrected chi connectivity index (χ0v) is 10.3. The zero-order valence-electron chi connectivity index (χ0n) is 10.3. The van der Waals surface area contributed by atoms with Crippen LogP contribution >= 0.6 is 0 Å². The molecule has 0 saturated heterocycles. The maximum atomic E-state index is 13.9. The second kappa shape index (κ2) is 5.74. The Hall–Kier alpha value is -2.36. The molecule has 0 bridgehead atoms. The van der Waals surface area contributed by atoms with Crippen molar-refractivity contribution in [3.05, 3.63) is 77.4 Å². The van der Waals surface area contributed by atoms with Crippen LogP contribution in [0.1, 0.15) is 16.7 Å². The molecule has 20 heavy (non-hydrogen) atoms. The van der Waals surface area contributed by atoms with Crippen molar-refractivity contribution in [3.8, 4) is 0 Å². The molecule has 0 fully saturated rings. The monoisotopic (exact) mass is 278 g/mol. The second-order valence-corrected chi connectivity index (χ2v) is 4.08. The third-order valence-electron chi connectivity index (χ3n) is 2.77. The Kier molecular flexibility index (Phi) is 4.03. The van der Waals surface area contributed by atoms with E-state index in [4.69, 9.17) is 0 Å². The van der Waals surface area contributed by atoms with Gasteiger partial charge in [-0.25, -0.2) is 17.6 Å². The van der Waals surface area contributed by atoms with Gasteiger partial charge in [-0.1, -0.05) is 36.9 Å². The van der Waals surface area contributed by atoms with Crippen molar-refractivity contribution >= 4 is 17.7 Å². The van der Waals surface area contributed by atoms with Crippen LogP contribution in [0.4, 0.5) is 17.6 Å². The van der Waals surface area contributed by atoms with Crippen LogP contribution in [-0.2, 0) is 0 Å². The summed E-state index contributed by atoms with van der Waals surface area (Å²) in [5.74, 6) is -4.72.